The molecule has 11 nitrogen and oxygen atoms in total. The Morgan fingerprint density at radius 2 is 1.90 bits per heavy atom. The number of likely N-dealkylation sites (tertiary alicyclic amines) is 1. The molecule has 1 aliphatic rings. The molecule has 3 N–H and O–H groups in total. The van der Waals surface area contributed by atoms with Gasteiger partial charge in [-0.15, -0.1) is 0 Å². The van der Waals surface area contributed by atoms with Gasteiger partial charge in [0.15, 0.2) is 0 Å². The normalized spacial score (nSPS) is 16.9. The number of nitrogens with zero attached hydrogens (tertiary/aromatic N) is 3. The fourth-order valence-electron chi connectivity index (χ4n) is 4.76. The molecule has 3 aromatic rings. The van der Waals surface area contributed by atoms with Crippen molar-refractivity contribution in [3.05, 3.63) is 63.3 Å². The van der Waals surface area contributed by atoms with E-state index in [1.54, 1.807) is 38.4 Å². The number of hydrogen-bond donors (Lipinski definition) is 3. The molecule has 1 aromatic heterocycles. The minimum atomic E-state index is -0.332. The summed E-state index contributed by atoms with van der Waals surface area (Å²) in [6.45, 7) is 3.50. The second-order valence-corrected chi connectivity index (χ2v) is 10.5. The summed E-state index contributed by atoms with van der Waals surface area (Å²) < 4.78 is 17.1. The van der Waals surface area contributed by atoms with Crippen LogP contribution in [0.25, 0.3) is 0 Å². The van der Waals surface area contributed by atoms with Crippen LogP contribution in [0.1, 0.15) is 39.6 Å². The predicted octanol–water partition coefficient (Wildman–Crippen LogP) is 4.70. The lowest BCUT2D eigenvalue weighted by Gasteiger charge is -2.36. The highest BCUT2D eigenvalue weighted by Gasteiger charge is 2.30. The molecule has 224 valence electrons. The summed E-state index contributed by atoms with van der Waals surface area (Å²) in [6, 6.07) is 8.28. The van der Waals surface area contributed by atoms with Crippen LogP contribution in [0.15, 0.2) is 36.5 Å². The van der Waals surface area contributed by atoms with Gasteiger partial charge in [-0.25, -0.2) is 4.98 Å². The van der Waals surface area contributed by atoms with E-state index >= 15 is 0 Å². The Labute approximate surface area is 254 Å². The van der Waals surface area contributed by atoms with Crippen LogP contribution in [0.3, 0.4) is 0 Å². The summed E-state index contributed by atoms with van der Waals surface area (Å²) in [5.74, 6) is 0.193. The molecule has 0 spiro atoms. The highest BCUT2D eigenvalue weighted by Crippen LogP contribution is 2.35. The van der Waals surface area contributed by atoms with E-state index in [2.05, 4.69) is 30.8 Å². The van der Waals surface area contributed by atoms with Crippen molar-refractivity contribution in [2.24, 2.45) is 0 Å². The minimum absolute atomic E-state index is 0.0412. The number of nitrogens with one attached hydrogen (secondary N) is 3. The lowest BCUT2D eigenvalue weighted by atomic mass is 10.0. The van der Waals surface area contributed by atoms with E-state index in [0.717, 1.165) is 18.5 Å². The highest BCUT2D eigenvalue weighted by molar-refractivity contribution is 6.34. The summed E-state index contributed by atoms with van der Waals surface area (Å²) in [4.78, 5) is 36.6. The van der Waals surface area contributed by atoms with Crippen LogP contribution in [-0.2, 0) is 11.2 Å². The van der Waals surface area contributed by atoms with Gasteiger partial charge in [-0.1, -0.05) is 42.3 Å². The number of ether oxygens (including phenoxy) is 3. The fraction of sp³-hybridized carbons (Fsp3) is 0.379. The maximum absolute atomic E-state index is 13.2. The molecule has 0 saturated carbocycles. The molecule has 42 heavy (non-hydrogen) atoms. The van der Waals surface area contributed by atoms with E-state index in [0.29, 0.717) is 35.7 Å². The summed E-state index contributed by atoms with van der Waals surface area (Å²) in [5, 5.41) is 9.08. The molecule has 2 heterocycles. The molecule has 1 aliphatic heterocycles. The van der Waals surface area contributed by atoms with Crippen LogP contribution >= 0.6 is 23.2 Å². The van der Waals surface area contributed by atoms with Crippen LogP contribution in [0.5, 0.6) is 17.4 Å². The van der Waals surface area contributed by atoms with Crippen molar-refractivity contribution in [2.75, 3.05) is 46.7 Å². The quantitative estimate of drug-likeness (QED) is 0.297. The number of amides is 2. The van der Waals surface area contributed by atoms with Crippen molar-refractivity contribution < 1.29 is 23.8 Å². The van der Waals surface area contributed by atoms with Crippen molar-refractivity contribution in [1.82, 2.24) is 25.5 Å². The number of aryl methyl sites for hydroxylation is 1. The van der Waals surface area contributed by atoms with E-state index in [9.17, 15) is 9.59 Å². The van der Waals surface area contributed by atoms with E-state index < -0.39 is 0 Å². The number of rotatable bonds is 10. The van der Waals surface area contributed by atoms with E-state index in [-0.39, 0.29) is 51.4 Å². The summed E-state index contributed by atoms with van der Waals surface area (Å²) in [6.07, 6.45) is 2.62. The molecule has 0 unspecified atom stereocenters. The van der Waals surface area contributed by atoms with Crippen molar-refractivity contribution in [2.45, 2.75) is 31.9 Å². The molecule has 1 saturated heterocycles. The average Bonchev–Trinajstić information content (AvgIpc) is 2.99. The number of benzene rings is 2. The third kappa shape index (κ3) is 7.04. The van der Waals surface area contributed by atoms with Gasteiger partial charge in [0, 0.05) is 20.7 Å². The number of halogens is 2. The lowest BCUT2D eigenvalue weighted by Crippen LogP contribution is -2.53. The molecule has 2 atom stereocenters. The molecule has 0 radical (unpaired) electrons. The number of hydrogen-bond acceptors (Lipinski definition) is 9. The Morgan fingerprint density at radius 3 is 2.60 bits per heavy atom. The van der Waals surface area contributed by atoms with Crippen LogP contribution in [0, 0.1) is 0 Å². The first kappa shape index (κ1) is 31.3. The van der Waals surface area contributed by atoms with E-state index in [1.165, 1.54) is 13.3 Å². The standard InChI is InChI=1S/C29H34Cl2N6O5/c1-6-16-8-7-9-22(25(16)27(39)32-2)42-28-19(31)14-33-29(36-28)35-21-13-18(30)17(12-23(21)40-4)26(38)34-20-10-11-37(3)15-24(20)41-5/h7-9,12-14,20,24H,6,10-11,15H2,1-5H3,(H,32,39)(H,34,38)(H,33,35,36)/t20-,24+/m1/s1. The number of likely N-dealkylation sites (N-methyl/N-ethyl adjacent to an activating group) is 1. The topological polar surface area (TPSA) is 127 Å². The SMILES string of the molecule is CCc1cccc(Oc2nc(Nc3cc(Cl)c(C(=O)N[C@@H]4CCN(C)C[C@@H]4OC)cc3OC)ncc2Cl)c1C(=O)NC. The summed E-state index contributed by atoms with van der Waals surface area (Å²) in [5.41, 5.74) is 1.88. The van der Waals surface area contributed by atoms with Gasteiger partial charge in [0.05, 0.1) is 47.3 Å². The van der Waals surface area contributed by atoms with Crippen molar-refractivity contribution in [1.29, 1.82) is 0 Å². The van der Waals surface area contributed by atoms with Crippen LogP contribution in [0.2, 0.25) is 10.0 Å². The number of methoxy groups -OCH3 is 2. The summed E-state index contributed by atoms with van der Waals surface area (Å²) >= 11 is 12.9. The number of aromatic nitrogens is 2. The Kier molecular flexibility index (Phi) is 10.4. The van der Waals surface area contributed by atoms with E-state index in [4.69, 9.17) is 37.4 Å². The predicted molar refractivity (Wildman–Crippen MR) is 162 cm³/mol. The van der Waals surface area contributed by atoms with Crippen LogP contribution < -0.4 is 25.4 Å². The number of piperidine rings is 1. The molecule has 2 aromatic carbocycles. The van der Waals surface area contributed by atoms with Gasteiger partial charge in [-0.2, -0.15) is 4.98 Å². The largest absolute Gasteiger partial charge is 0.495 e. The molecule has 2 amide bonds. The van der Waals surface area contributed by atoms with Crippen LogP contribution in [-0.4, -0.2) is 80.2 Å². The highest BCUT2D eigenvalue weighted by atomic mass is 35.5. The molecular formula is C29H34Cl2N6O5. The molecule has 13 heteroatoms. The molecular weight excluding hydrogens is 583 g/mol. The van der Waals surface area contributed by atoms with Gasteiger partial charge in [0.2, 0.25) is 11.8 Å². The van der Waals surface area contributed by atoms with Crippen molar-refractivity contribution >= 4 is 46.7 Å². The smallest absolute Gasteiger partial charge is 0.255 e. The van der Waals surface area contributed by atoms with Crippen molar-refractivity contribution in [3.63, 3.8) is 0 Å². The Bertz CT molecular complexity index is 1460. The Balaban J connectivity index is 1.57. The zero-order chi connectivity index (χ0) is 30.4. The monoisotopic (exact) mass is 616 g/mol. The summed E-state index contributed by atoms with van der Waals surface area (Å²) in [7, 11) is 6.68. The van der Waals surface area contributed by atoms with Gasteiger partial charge in [0.25, 0.3) is 11.8 Å². The fourth-order valence-corrected chi connectivity index (χ4v) is 5.14. The maximum Gasteiger partial charge on any atom is 0.255 e. The third-order valence-electron chi connectivity index (χ3n) is 7.03. The molecule has 0 bridgehead atoms. The molecule has 1 fully saturated rings. The zero-order valence-corrected chi connectivity index (χ0v) is 25.6. The molecule has 0 aliphatic carbocycles. The first-order chi connectivity index (χ1) is 20.2. The lowest BCUT2D eigenvalue weighted by molar-refractivity contribution is 0.0142. The number of carbonyl (C=O) groups excluding carboxylic acids is 2. The van der Waals surface area contributed by atoms with Gasteiger partial charge >= 0.3 is 0 Å². The minimum Gasteiger partial charge on any atom is -0.495 e. The second kappa shape index (κ2) is 14.0. The van der Waals surface area contributed by atoms with Crippen molar-refractivity contribution in [3.8, 4) is 17.4 Å². The number of carbonyl (C=O) groups is 2. The van der Waals surface area contributed by atoms with Crippen LogP contribution in [0.4, 0.5) is 11.6 Å². The van der Waals surface area contributed by atoms with Gasteiger partial charge in [-0.05, 0) is 50.2 Å². The van der Waals surface area contributed by atoms with E-state index in [1.807, 2.05) is 20.0 Å². The first-order valence-corrected chi connectivity index (χ1v) is 14.2. The van der Waals surface area contributed by atoms with Gasteiger partial charge in [0.1, 0.15) is 16.5 Å². The maximum atomic E-state index is 13.2. The average molecular weight is 618 g/mol. The third-order valence-corrected chi connectivity index (χ3v) is 7.60. The second-order valence-electron chi connectivity index (χ2n) is 9.73. The number of anilines is 2. The first-order valence-electron chi connectivity index (χ1n) is 13.4. The Morgan fingerprint density at radius 1 is 1.12 bits per heavy atom. The zero-order valence-electron chi connectivity index (χ0n) is 24.1. The molecule has 4 rings (SSSR count). The van der Waals surface area contributed by atoms with Gasteiger partial charge < -0.3 is 35.1 Å². The van der Waals surface area contributed by atoms with Gasteiger partial charge in [-0.3, -0.25) is 9.59 Å². The Hall–Kier alpha value is -3.64.